The molecule has 2 aromatic carbocycles. The highest BCUT2D eigenvalue weighted by Gasteiger charge is 2.31. The summed E-state index contributed by atoms with van der Waals surface area (Å²) in [6.07, 6.45) is 0.654. The number of benzene rings is 2. The molecule has 0 radical (unpaired) electrons. The predicted octanol–water partition coefficient (Wildman–Crippen LogP) is 0.230. The summed E-state index contributed by atoms with van der Waals surface area (Å²) >= 11 is 0. The fourth-order valence-corrected chi connectivity index (χ4v) is 7.13. The lowest BCUT2D eigenvalue weighted by Crippen LogP contribution is -2.50. The lowest BCUT2D eigenvalue weighted by Gasteiger charge is -2.33. The number of amides is 1. The summed E-state index contributed by atoms with van der Waals surface area (Å²) in [7, 11) is 2.09. The third-order valence-electron chi connectivity index (χ3n) is 9.89. The van der Waals surface area contributed by atoms with Crippen LogP contribution in [0.25, 0.3) is 22.5 Å². The van der Waals surface area contributed by atoms with E-state index >= 15 is 0 Å². The van der Waals surface area contributed by atoms with Gasteiger partial charge in [-0.15, -0.1) is 5.10 Å². The molecule has 2 atom stereocenters. The molecule has 16 heteroatoms. The maximum atomic E-state index is 13.3. The molecule has 0 spiro atoms. The molecule has 1 aromatic heterocycles. The molecule has 3 fully saturated rings. The quantitative estimate of drug-likeness (QED) is 0.274. The van der Waals surface area contributed by atoms with Crippen molar-refractivity contribution in [2.45, 2.75) is 26.0 Å². The molecule has 1 amide bonds. The van der Waals surface area contributed by atoms with Gasteiger partial charge in [-0.1, -0.05) is 47.7 Å². The number of anilines is 1. The van der Waals surface area contributed by atoms with Crippen LogP contribution in [0.3, 0.4) is 0 Å². The fraction of sp³-hybridized carbons (Fsp3) is 0.500. The van der Waals surface area contributed by atoms with E-state index in [2.05, 4.69) is 57.9 Å². The third kappa shape index (κ3) is 8.58. The molecule has 1 N–H and O–H groups in total. The smallest absolute Gasteiger partial charge is 0.389 e. The van der Waals surface area contributed by atoms with Gasteiger partial charge in [0.2, 0.25) is 5.91 Å². The van der Waals surface area contributed by atoms with Crippen LogP contribution in [0.5, 0.6) is 0 Å². The van der Waals surface area contributed by atoms with Crippen molar-refractivity contribution >= 4 is 29.5 Å². The number of para-hydroxylation sites is 1. The Morgan fingerprint density at radius 1 is 0.750 bits per heavy atom. The number of fused-ring (bicyclic) bond motifs is 12. The first-order chi connectivity index (χ1) is 25.3. The Morgan fingerprint density at radius 2 is 1.31 bits per heavy atom. The van der Waals surface area contributed by atoms with Gasteiger partial charge in [0.1, 0.15) is 5.69 Å². The van der Waals surface area contributed by atoms with Crippen molar-refractivity contribution in [3.63, 3.8) is 0 Å². The summed E-state index contributed by atoms with van der Waals surface area (Å²) in [6.45, 7) is 4.09. The van der Waals surface area contributed by atoms with Gasteiger partial charge in [0, 0.05) is 95.9 Å². The number of rotatable bonds is 6. The Kier molecular flexibility index (Phi) is 11.1. The number of aryl methyl sites for hydroxylation is 1. The lowest BCUT2D eigenvalue weighted by atomic mass is 9.96. The van der Waals surface area contributed by atoms with E-state index in [1.807, 2.05) is 42.5 Å². The minimum absolute atomic E-state index is 0.0161. The fourth-order valence-electron chi connectivity index (χ4n) is 7.13. The van der Waals surface area contributed by atoms with Gasteiger partial charge in [0.25, 0.3) is 0 Å². The summed E-state index contributed by atoms with van der Waals surface area (Å²) in [4.78, 5) is 61.5. The number of hydrogen-bond donors (Lipinski definition) is 1. The number of aromatic nitrogens is 3. The number of esters is 3. The zero-order valence-electron chi connectivity index (χ0n) is 29.4. The van der Waals surface area contributed by atoms with Gasteiger partial charge in [0.15, 0.2) is 0 Å². The van der Waals surface area contributed by atoms with Crippen molar-refractivity contribution in [1.82, 2.24) is 39.9 Å². The maximum Gasteiger partial charge on any atom is 0.412 e. The number of hydrogen-bond acceptors (Lipinski definition) is 14. The SMILES string of the molecule is CN1Cc2ccccc2-c2c(nnn2CCCNC(=O)CN2CCN3CCN4CCN(CC2)CC(=O)OC(OC(=O)C3)OC(=O)C4)-c2ccccc21. The standard InChI is InChI=1S/C36H45N9O7/c1-40-21-26-7-2-3-8-27(26)35-34(28-9-4-5-10-29(28)40)38-39-45(35)12-6-11-37-30(46)22-41-13-15-42-17-19-44-20-18-43(16-14-41)24-32(48)51-36(50-31(47)23-42)52-33(49)25-44/h2-5,7-10,36H,6,11-25H2,1H3,(H,37,46). The summed E-state index contributed by atoms with van der Waals surface area (Å²) in [5.41, 5.74) is 6.24. The topological polar surface area (TPSA) is 155 Å². The summed E-state index contributed by atoms with van der Waals surface area (Å²) in [5.74, 6) is -2.09. The molecule has 3 saturated heterocycles. The van der Waals surface area contributed by atoms with Crippen LogP contribution in [0.4, 0.5) is 5.69 Å². The largest absolute Gasteiger partial charge is 0.412 e. The normalized spacial score (nSPS) is 24.2. The van der Waals surface area contributed by atoms with Crippen LogP contribution in [-0.4, -0.2) is 157 Å². The first-order valence-corrected chi connectivity index (χ1v) is 17.9. The molecular weight excluding hydrogens is 670 g/mol. The van der Waals surface area contributed by atoms with Crippen LogP contribution in [0.15, 0.2) is 48.5 Å². The molecule has 276 valence electrons. The van der Waals surface area contributed by atoms with Crippen molar-refractivity contribution in [3.05, 3.63) is 54.1 Å². The summed E-state index contributed by atoms with van der Waals surface area (Å²) in [6, 6.07) is 16.6. The van der Waals surface area contributed by atoms with Crippen LogP contribution in [-0.2, 0) is 46.5 Å². The number of nitrogens with one attached hydrogen (secondary N) is 1. The molecule has 16 nitrogen and oxygen atoms in total. The van der Waals surface area contributed by atoms with Crippen LogP contribution in [0.1, 0.15) is 12.0 Å². The molecule has 0 saturated carbocycles. The molecule has 4 aliphatic rings. The van der Waals surface area contributed by atoms with Crippen molar-refractivity contribution < 1.29 is 33.4 Å². The minimum atomic E-state index is -1.73. The van der Waals surface area contributed by atoms with Crippen molar-refractivity contribution in [3.8, 4) is 22.5 Å². The maximum absolute atomic E-state index is 13.3. The zero-order valence-corrected chi connectivity index (χ0v) is 29.4. The monoisotopic (exact) mass is 715 g/mol. The van der Waals surface area contributed by atoms with Gasteiger partial charge in [-0.2, -0.15) is 0 Å². The Balaban J connectivity index is 1.00. The van der Waals surface area contributed by atoms with Crippen molar-refractivity contribution in [2.75, 3.05) is 97.0 Å². The molecule has 52 heavy (non-hydrogen) atoms. The Bertz CT molecular complexity index is 1750. The van der Waals surface area contributed by atoms with Crippen LogP contribution >= 0.6 is 0 Å². The van der Waals surface area contributed by atoms with Crippen molar-refractivity contribution in [2.24, 2.45) is 0 Å². The van der Waals surface area contributed by atoms with Crippen LogP contribution < -0.4 is 10.2 Å². The molecule has 4 bridgehead atoms. The average Bonchev–Trinajstić information content (AvgIpc) is 3.51. The van der Waals surface area contributed by atoms with Gasteiger partial charge in [-0.25, -0.2) is 4.68 Å². The molecule has 3 aromatic rings. The van der Waals surface area contributed by atoms with Gasteiger partial charge in [-0.05, 0) is 18.1 Å². The summed E-state index contributed by atoms with van der Waals surface area (Å²) in [5, 5.41) is 12.3. The van der Waals surface area contributed by atoms with E-state index < -0.39 is 24.4 Å². The average molecular weight is 716 g/mol. The lowest BCUT2D eigenvalue weighted by molar-refractivity contribution is -0.258. The Labute approximate surface area is 302 Å². The zero-order chi connectivity index (χ0) is 36.0. The second-order valence-corrected chi connectivity index (χ2v) is 13.6. The number of carbonyl (C=O) groups excluding carboxylic acids is 4. The number of carbonyl (C=O) groups is 4. The van der Waals surface area contributed by atoms with Gasteiger partial charge < -0.3 is 24.4 Å². The van der Waals surface area contributed by atoms with E-state index in [4.69, 9.17) is 14.2 Å². The molecule has 5 heterocycles. The van der Waals surface area contributed by atoms with E-state index in [0.29, 0.717) is 71.9 Å². The molecule has 0 aliphatic carbocycles. The molecule has 2 unspecified atom stereocenters. The number of ether oxygens (including phenoxy) is 3. The highest BCUT2D eigenvalue weighted by molar-refractivity contribution is 5.88. The van der Waals surface area contributed by atoms with Crippen molar-refractivity contribution in [1.29, 1.82) is 0 Å². The minimum Gasteiger partial charge on any atom is -0.389 e. The number of nitrogens with zero attached hydrogens (tertiary/aromatic N) is 8. The first kappa shape index (κ1) is 35.5. The summed E-state index contributed by atoms with van der Waals surface area (Å²) < 4.78 is 17.6. The third-order valence-corrected chi connectivity index (χ3v) is 9.89. The second-order valence-electron chi connectivity index (χ2n) is 13.6. The highest BCUT2D eigenvalue weighted by atomic mass is 16.9. The van der Waals surface area contributed by atoms with Gasteiger partial charge in [-0.3, -0.25) is 38.8 Å². The van der Waals surface area contributed by atoms with E-state index in [1.54, 1.807) is 0 Å². The first-order valence-electron chi connectivity index (χ1n) is 17.9. The van der Waals surface area contributed by atoms with Gasteiger partial charge >= 0.3 is 24.4 Å². The van der Waals surface area contributed by atoms with Crippen LogP contribution in [0, 0.1) is 0 Å². The molecular formula is C36H45N9O7. The highest BCUT2D eigenvalue weighted by Crippen LogP contribution is 2.40. The Hall–Kier alpha value is -4.90. The Morgan fingerprint density at radius 3 is 1.94 bits per heavy atom. The second kappa shape index (κ2) is 16.2. The predicted molar refractivity (Wildman–Crippen MR) is 188 cm³/mol. The molecule has 4 aliphatic heterocycles. The van der Waals surface area contributed by atoms with E-state index in [0.717, 1.165) is 34.7 Å². The van der Waals surface area contributed by atoms with E-state index in [-0.39, 0.29) is 32.1 Å². The molecule has 7 rings (SSSR count). The van der Waals surface area contributed by atoms with Crippen LogP contribution in [0.2, 0.25) is 0 Å². The van der Waals surface area contributed by atoms with Gasteiger partial charge in [0.05, 0.1) is 31.9 Å². The van der Waals surface area contributed by atoms with E-state index in [9.17, 15) is 19.2 Å². The van der Waals surface area contributed by atoms with E-state index in [1.165, 1.54) is 5.56 Å².